The van der Waals surface area contributed by atoms with Crippen molar-refractivity contribution in [2.24, 2.45) is 0 Å². The van der Waals surface area contributed by atoms with E-state index in [4.69, 9.17) is 4.74 Å². The van der Waals surface area contributed by atoms with Gasteiger partial charge in [0.05, 0.1) is 11.5 Å². The number of aryl methyl sites for hydroxylation is 1. The maximum absolute atomic E-state index is 12.9. The van der Waals surface area contributed by atoms with E-state index in [1.807, 2.05) is 18.2 Å². The first-order chi connectivity index (χ1) is 13.5. The Balaban J connectivity index is 1.59. The lowest BCUT2D eigenvalue weighted by molar-refractivity contribution is -0.143. The van der Waals surface area contributed by atoms with Crippen LogP contribution in [0.5, 0.6) is 0 Å². The molecule has 3 rings (SSSR count). The smallest absolute Gasteiger partial charge is 0.306 e. The summed E-state index contributed by atoms with van der Waals surface area (Å²) in [6, 6.07) is 12.5. The van der Waals surface area contributed by atoms with Gasteiger partial charge in [-0.15, -0.1) is 0 Å². The fourth-order valence-electron chi connectivity index (χ4n) is 3.16. The lowest BCUT2D eigenvalue weighted by Crippen LogP contribution is -2.48. The lowest BCUT2D eigenvalue weighted by atomic mass is 10.1. The third-order valence-corrected chi connectivity index (χ3v) is 6.61. The van der Waals surface area contributed by atoms with Gasteiger partial charge in [-0.1, -0.05) is 18.2 Å². The Morgan fingerprint density at radius 2 is 1.79 bits per heavy atom. The number of carbonyl (C=O) groups excluding carboxylic acids is 1. The van der Waals surface area contributed by atoms with E-state index in [1.165, 1.54) is 4.31 Å². The zero-order chi connectivity index (χ0) is 20.0. The zero-order valence-electron chi connectivity index (χ0n) is 16.0. The van der Waals surface area contributed by atoms with Gasteiger partial charge in [0.25, 0.3) is 0 Å². The second-order valence-electron chi connectivity index (χ2n) is 6.53. The normalized spacial score (nSPS) is 15.4. The van der Waals surface area contributed by atoms with E-state index in [0.717, 1.165) is 11.4 Å². The van der Waals surface area contributed by atoms with Crippen molar-refractivity contribution < 1.29 is 17.9 Å². The fourth-order valence-corrected chi connectivity index (χ4v) is 4.58. The molecule has 0 aliphatic carbocycles. The van der Waals surface area contributed by atoms with Crippen LogP contribution in [-0.2, 0) is 26.0 Å². The van der Waals surface area contributed by atoms with Crippen molar-refractivity contribution >= 4 is 21.8 Å². The van der Waals surface area contributed by atoms with Crippen LogP contribution in [0, 0.1) is 0 Å². The zero-order valence-corrected chi connectivity index (χ0v) is 16.8. The van der Waals surface area contributed by atoms with Crippen molar-refractivity contribution in [3.05, 3.63) is 54.2 Å². The van der Waals surface area contributed by atoms with Crippen molar-refractivity contribution in [3.8, 4) is 0 Å². The van der Waals surface area contributed by atoms with Crippen LogP contribution in [0.3, 0.4) is 0 Å². The topological polar surface area (TPSA) is 79.8 Å². The molecule has 0 radical (unpaired) electrons. The third kappa shape index (κ3) is 4.88. The quantitative estimate of drug-likeness (QED) is 0.659. The van der Waals surface area contributed by atoms with Crippen LogP contribution in [0.1, 0.15) is 18.9 Å². The van der Waals surface area contributed by atoms with Crippen LogP contribution in [0.4, 0.5) is 5.82 Å². The van der Waals surface area contributed by atoms with E-state index in [1.54, 1.807) is 37.4 Å². The maximum atomic E-state index is 12.9. The van der Waals surface area contributed by atoms with E-state index in [9.17, 15) is 13.2 Å². The van der Waals surface area contributed by atoms with Gasteiger partial charge in [-0.2, -0.15) is 4.31 Å². The monoisotopic (exact) mass is 403 g/mol. The highest BCUT2D eigenvalue weighted by Gasteiger charge is 2.28. The second kappa shape index (κ2) is 9.16. The molecule has 0 amide bonds. The summed E-state index contributed by atoms with van der Waals surface area (Å²) in [4.78, 5) is 18.1. The standard InChI is InChI=1S/C20H25N3O4S/c1-2-27-20(24)11-8-17-6-9-18(10-7-17)28(25,26)23-15-13-22(14-16-23)19-5-3-4-12-21-19/h3-7,9-10,12H,2,8,11,13-16H2,1H3. The molecule has 1 aliphatic rings. The van der Waals surface area contributed by atoms with E-state index in [-0.39, 0.29) is 17.3 Å². The molecule has 0 N–H and O–H groups in total. The molecule has 28 heavy (non-hydrogen) atoms. The van der Waals surface area contributed by atoms with E-state index >= 15 is 0 Å². The van der Waals surface area contributed by atoms with Gasteiger partial charge >= 0.3 is 5.97 Å². The average Bonchev–Trinajstić information content (AvgIpc) is 2.73. The number of pyridine rings is 1. The second-order valence-corrected chi connectivity index (χ2v) is 8.47. The Hall–Kier alpha value is -2.45. The number of aromatic nitrogens is 1. The predicted octanol–water partition coefficient (Wildman–Crippen LogP) is 2.09. The molecule has 0 spiro atoms. The Bertz CT molecular complexity index is 877. The molecule has 1 aromatic carbocycles. The summed E-state index contributed by atoms with van der Waals surface area (Å²) in [5.74, 6) is 0.621. The van der Waals surface area contributed by atoms with Crippen molar-refractivity contribution in [1.82, 2.24) is 9.29 Å². The Morgan fingerprint density at radius 3 is 2.39 bits per heavy atom. The molecule has 150 valence electrons. The fraction of sp³-hybridized carbons (Fsp3) is 0.400. The summed E-state index contributed by atoms with van der Waals surface area (Å²) < 4.78 is 32.2. The van der Waals surface area contributed by atoms with Crippen LogP contribution in [0.15, 0.2) is 53.6 Å². The van der Waals surface area contributed by atoms with Gasteiger partial charge < -0.3 is 9.64 Å². The van der Waals surface area contributed by atoms with Gasteiger partial charge in [-0.3, -0.25) is 4.79 Å². The molecule has 1 saturated heterocycles. The Morgan fingerprint density at radius 1 is 1.07 bits per heavy atom. The van der Waals surface area contributed by atoms with Gasteiger partial charge in [-0.05, 0) is 43.2 Å². The summed E-state index contributed by atoms with van der Waals surface area (Å²) in [6.45, 7) is 4.19. The minimum atomic E-state index is -3.53. The lowest BCUT2D eigenvalue weighted by Gasteiger charge is -2.34. The number of benzene rings is 1. The molecule has 1 fully saturated rings. The highest BCUT2D eigenvalue weighted by atomic mass is 32.2. The average molecular weight is 404 g/mol. The molecular weight excluding hydrogens is 378 g/mol. The van der Waals surface area contributed by atoms with Crippen LogP contribution >= 0.6 is 0 Å². The Kier molecular flexibility index (Phi) is 6.64. The SMILES string of the molecule is CCOC(=O)CCc1ccc(S(=O)(=O)N2CCN(c3ccccn3)CC2)cc1. The van der Waals surface area contributed by atoms with E-state index in [2.05, 4.69) is 9.88 Å². The van der Waals surface area contributed by atoms with Crippen LogP contribution in [0.2, 0.25) is 0 Å². The highest BCUT2D eigenvalue weighted by Crippen LogP contribution is 2.20. The first-order valence-electron chi connectivity index (χ1n) is 9.41. The Labute approximate surface area is 166 Å². The molecule has 2 heterocycles. The number of nitrogens with zero attached hydrogens (tertiary/aromatic N) is 3. The van der Waals surface area contributed by atoms with Gasteiger partial charge in [0.2, 0.25) is 10.0 Å². The van der Waals surface area contributed by atoms with Crippen molar-refractivity contribution in [2.45, 2.75) is 24.7 Å². The number of anilines is 1. The van der Waals surface area contributed by atoms with Crippen molar-refractivity contribution in [2.75, 3.05) is 37.7 Å². The molecule has 1 aliphatic heterocycles. The summed E-state index contributed by atoms with van der Waals surface area (Å²) in [7, 11) is -3.53. The van der Waals surface area contributed by atoms with Gasteiger partial charge in [0.15, 0.2) is 0 Å². The predicted molar refractivity (Wildman–Crippen MR) is 107 cm³/mol. The summed E-state index contributed by atoms with van der Waals surface area (Å²) in [5.41, 5.74) is 0.909. The number of hydrogen-bond acceptors (Lipinski definition) is 6. The van der Waals surface area contributed by atoms with Crippen LogP contribution in [0.25, 0.3) is 0 Å². The molecule has 2 aromatic rings. The third-order valence-electron chi connectivity index (χ3n) is 4.70. The minimum Gasteiger partial charge on any atom is -0.466 e. The first-order valence-corrected chi connectivity index (χ1v) is 10.9. The number of piperazine rings is 1. The van der Waals surface area contributed by atoms with Gasteiger partial charge in [0, 0.05) is 38.8 Å². The largest absolute Gasteiger partial charge is 0.466 e. The number of ether oxygens (including phenoxy) is 1. The number of hydrogen-bond donors (Lipinski definition) is 0. The van der Waals surface area contributed by atoms with Crippen LogP contribution < -0.4 is 4.90 Å². The van der Waals surface area contributed by atoms with Crippen LogP contribution in [-0.4, -0.2) is 56.5 Å². The summed E-state index contributed by atoms with van der Waals surface area (Å²) in [6.07, 6.45) is 2.55. The molecule has 1 aromatic heterocycles. The van der Waals surface area contributed by atoms with Gasteiger partial charge in [-0.25, -0.2) is 13.4 Å². The minimum absolute atomic E-state index is 0.245. The molecule has 0 saturated carbocycles. The summed E-state index contributed by atoms with van der Waals surface area (Å²) in [5, 5.41) is 0. The molecule has 8 heteroatoms. The number of carbonyl (C=O) groups is 1. The van der Waals surface area contributed by atoms with Crippen molar-refractivity contribution in [3.63, 3.8) is 0 Å². The van der Waals surface area contributed by atoms with Gasteiger partial charge in [0.1, 0.15) is 5.82 Å². The highest BCUT2D eigenvalue weighted by molar-refractivity contribution is 7.89. The van der Waals surface area contributed by atoms with Crippen molar-refractivity contribution in [1.29, 1.82) is 0 Å². The van der Waals surface area contributed by atoms with E-state index in [0.29, 0.717) is 39.2 Å². The molecule has 7 nitrogen and oxygen atoms in total. The summed E-state index contributed by atoms with van der Waals surface area (Å²) >= 11 is 0. The molecule has 0 bridgehead atoms. The molecule has 0 unspecified atom stereocenters. The molecule has 0 atom stereocenters. The molecular formula is C20H25N3O4S. The van der Waals surface area contributed by atoms with E-state index < -0.39 is 10.0 Å². The maximum Gasteiger partial charge on any atom is 0.306 e. The number of esters is 1. The first kappa shape index (κ1) is 20.3. The number of rotatable bonds is 7. The number of sulfonamides is 1.